The van der Waals surface area contributed by atoms with Gasteiger partial charge >= 0.3 is 0 Å². The van der Waals surface area contributed by atoms with Gasteiger partial charge < -0.3 is 9.97 Å². The Hall–Kier alpha value is -3.40. The first-order valence-corrected chi connectivity index (χ1v) is 11.7. The van der Waals surface area contributed by atoms with Crippen molar-refractivity contribution in [3.8, 4) is 0 Å². The molecule has 0 saturated carbocycles. The Kier molecular flexibility index (Phi) is 5.30. The topological polar surface area (TPSA) is 65.7 Å². The van der Waals surface area contributed by atoms with E-state index in [1.807, 2.05) is 36.4 Å². The van der Waals surface area contributed by atoms with Crippen molar-refractivity contribution in [2.75, 3.05) is 0 Å². The van der Waals surface area contributed by atoms with Gasteiger partial charge in [0.25, 0.3) is 0 Å². The molecule has 32 heavy (non-hydrogen) atoms. The lowest BCUT2D eigenvalue weighted by Crippen LogP contribution is -2.08. The van der Waals surface area contributed by atoms with Crippen molar-refractivity contribution in [2.24, 2.45) is 0 Å². The maximum atomic E-state index is 13.3. The van der Waals surface area contributed by atoms with Crippen LogP contribution in [0.2, 0.25) is 0 Å². The summed E-state index contributed by atoms with van der Waals surface area (Å²) in [7, 11) is 0. The summed E-state index contributed by atoms with van der Waals surface area (Å²) < 4.78 is 0. The van der Waals surface area contributed by atoms with Gasteiger partial charge in [0, 0.05) is 32.6 Å². The van der Waals surface area contributed by atoms with Crippen LogP contribution < -0.4 is 10.9 Å². The fourth-order valence-corrected chi connectivity index (χ4v) is 4.61. The number of benzene rings is 3. The first-order valence-electron chi connectivity index (χ1n) is 11.7. The number of aromatic amines is 2. The Morgan fingerprint density at radius 2 is 0.969 bits per heavy atom. The number of hydrogen-bond donors (Lipinski definition) is 2. The summed E-state index contributed by atoms with van der Waals surface area (Å²) in [5, 5.41) is 2.61. The van der Waals surface area contributed by atoms with E-state index in [0.29, 0.717) is 32.6 Å². The Balaban J connectivity index is 1.73. The second-order valence-corrected chi connectivity index (χ2v) is 8.82. The molecule has 0 amide bonds. The molecule has 0 saturated heterocycles. The van der Waals surface area contributed by atoms with E-state index in [0.717, 1.165) is 49.6 Å². The number of unbranched alkanes of at least 4 members (excludes halogenated alkanes) is 2. The lowest BCUT2D eigenvalue weighted by Gasteiger charge is -2.09. The third-order valence-corrected chi connectivity index (χ3v) is 6.48. The molecule has 0 fully saturated rings. The highest BCUT2D eigenvalue weighted by atomic mass is 16.1. The number of rotatable bonds is 6. The number of fused-ring (bicyclic) bond motifs is 4. The highest BCUT2D eigenvalue weighted by Crippen LogP contribution is 2.23. The predicted octanol–water partition coefficient (Wildman–Crippen LogP) is 6.36. The summed E-state index contributed by atoms with van der Waals surface area (Å²) in [4.78, 5) is 33.5. The SMILES string of the molecule is CCCCc1ccc2[nH]c3cc4c(=O)c5cc(CCCC)ccc5[nH]c4cc3c(=O)c2c1. The summed E-state index contributed by atoms with van der Waals surface area (Å²) in [6.45, 7) is 4.34. The van der Waals surface area contributed by atoms with E-state index in [1.165, 1.54) is 11.1 Å². The van der Waals surface area contributed by atoms with Crippen molar-refractivity contribution < 1.29 is 0 Å². The van der Waals surface area contributed by atoms with Gasteiger partial charge in [-0.05, 0) is 73.2 Å². The maximum absolute atomic E-state index is 13.3. The second-order valence-electron chi connectivity index (χ2n) is 8.82. The highest BCUT2D eigenvalue weighted by molar-refractivity contribution is 6.02. The van der Waals surface area contributed by atoms with E-state index in [2.05, 4.69) is 35.9 Å². The molecule has 2 heterocycles. The minimum absolute atomic E-state index is 0.00450. The lowest BCUT2D eigenvalue weighted by atomic mass is 10.0. The van der Waals surface area contributed by atoms with Crippen molar-refractivity contribution in [3.05, 3.63) is 80.1 Å². The van der Waals surface area contributed by atoms with Crippen LogP contribution >= 0.6 is 0 Å². The van der Waals surface area contributed by atoms with Gasteiger partial charge in [-0.3, -0.25) is 9.59 Å². The average Bonchev–Trinajstić information content (AvgIpc) is 2.81. The third kappa shape index (κ3) is 3.50. The van der Waals surface area contributed by atoms with Crippen LogP contribution in [0.4, 0.5) is 0 Å². The number of nitrogens with one attached hydrogen (secondary N) is 2. The summed E-state index contributed by atoms with van der Waals surface area (Å²) in [6.07, 6.45) is 6.41. The molecule has 162 valence electrons. The van der Waals surface area contributed by atoms with Gasteiger partial charge in [0.05, 0.1) is 11.0 Å². The van der Waals surface area contributed by atoms with Crippen LogP contribution in [0.5, 0.6) is 0 Å². The van der Waals surface area contributed by atoms with Crippen molar-refractivity contribution >= 4 is 43.6 Å². The molecular formula is C28H28N2O2. The molecule has 0 aliphatic heterocycles. The van der Waals surface area contributed by atoms with Crippen LogP contribution in [-0.2, 0) is 12.8 Å². The zero-order valence-electron chi connectivity index (χ0n) is 18.7. The van der Waals surface area contributed by atoms with Crippen LogP contribution in [-0.4, -0.2) is 9.97 Å². The fourth-order valence-electron chi connectivity index (χ4n) is 4.61. The Bertz CT molecular complexity index is 1470. The monoisotopic (exact) mass is 424 g/mol. The Morgan fingerprint density at radius 1 is 0.562 bits per heavy atom. The van der Waals surface area contributed by atoms with Crippen molar-refractivity contribution in [1.82, 2.24) is 9.97 Å². The van der Waals surface area contributed by atoms with Crippen LogP contribution in [0, 0.1) is 0 Å². The Labute approximate surface area is 186 Å². The molecule has 0 bridgehead atoms. The van der Waals surface area contributed by atoms with E-state index >= 15 is 0 Å². The molecular weight excluding hydrogens is 396 g/mol. The third-order valence-electron chi connectivity index (χ3n) is 6.48. The number of hydrogen-bond acceptors (Lipinski definition) is 2. The van der Waals surface area contributed by atoms with Crippen LogP contribution in [0.15, 0.2) is 58.1 Å². The molecule has 0 unspecified atom stereocenters. The molecule has 4 heteroatoms. The molecule has 0 spiro atoms. The molecule has 5 rings (SSSR count). The standard InChI is InChI=1S/C28H28N2O2/c1-3-5-7-17-9-11-23-19(13-17)27(31)21-15-26-22(16-25(21)29-23)28(32)20-14-18(8-6-4-2)10-12-24(20)30-26/h9-16H,3-8H2,1-2H3,(H,29,31)(H,30,32). The van der Waals surface area contributed by atoms with Crippen molar-refractivity contribution in [3.63, 3.8) is 0 Å². The van der Waals surface area contributed by atoms with Crippen LogP contribution in [0.3, 0.4) is 0 Å². The Morgan fingerprint density at radius 3 is 1.38 bits per heavy atom. The number of pyridine rings is 2. The van der Waals surface area contributed by atoms with E-state index in [-0.39, 0.29) is 10.9 Å². The molecule has 0 radical (unpaired) electrons. The largest absolute Gasteiger partial charge is 0.354 e. The molecule has 4 nitrogen and oxygen atoms in total. The van der Waals surface area contributed by atoms with Gasteiger partial charge in [0.2, 0.25) is 0 Å². The molecule has 5 aromatic rings. The lowest BCUT2D eigenvalue weighted by molar-refractivity contribution is 0.796. The van der Waals surface area contributed by atoms with Gasteiger partial charge in [-0.25, -0.2) is 0 Å². The zero-order valence-corrected chi connectivity index (χ0v) is 18.7. The first kappa shape index (κ1) is 20.5. The maximum Gasteiger partial charge on any atom is 0.197 e. The fraction of sp³-hybridized carbons (Fsp3) is 0.286. The zero-order chi connectivity index (χ0) is 22.2. The molecule has 0 aliphatic rings. The van der Waals surface area contributed by atoms with Gasteiger partial charge in [0.15, 0.2) is 10.9 Å². The van der Waals surface area contributed by atoms with Gasteiger partial charge in [-0.1, -0.05) is 38.8 Å². The van der Waals surface area contributed by atoms with E-state index in [9.17, 15) is 9.59 Å². The molecule has 2 aromatic heterocycles. The first-order chi connectivity index (χ1) is 15.6. The minimum atomic E-state index is 0.00450. The molecule has 0 aliphatic carbocycles. The summed E-state index contributed by atoms with van der Waals surface area (Å²) in [5.74, 6) is 0. The minimum Gasteiger partial charge on any atom is -0.354 e. The van der Waals surface area contributed by atoms with Gasteiger partial charge in [0.1, 0.15) is 0 Å². The normalized spacial score (nSPS) is 11.8. The molecule has 3 aromatic carbocycles. The smallest absolute Gasteiger partial charge is 0.197 e. The van der Waals surface area contributed by atoms with Crippen LogP contribution in [0.25, 0.3) is 43.6 Å². The second kappa shape index (κ2) is 8.27. The summed E-state index contributed by atoms with van der Waals surface area (Å²) in [6, 6.07) is 15.8. The number of aryl methyl sites for hydroxylation is 2. The van der Waals surface area contributed by atoms with Crippen molar-refractivity contribution in [1.29, 1.82) is 0 Å². The quantitative estimate of drug-likeness (QED) is 0.311. The molecule has 2 N–H and O–H groups in total. The van der Waals surface area contributed by atoms with E-state index < -0.39 is 0 Å². The average molecular weight is 425 g/mol. The van der Waals surface area contributed by atoms with E-state index in [4.69, 9.17) is 0 Å². The van der Waals surface area contributed by atoms with E-state index in [1.54, 1.807) is 0 Å². The van der Waals surface area contributed by atoms with Crippen LogP contribution in [0.1, 0.15) is 50.7 Å². The number of H-pyrrole nitrogens is 2. The van der Waals surface area contributed by atoms with Crippen molar-refractivity contribution in [2.45, 2.75) is 52.4 Å². The number of aromatic nitrogens is 2. The van der Waals surface area contributed by atoms with Gasteiger partial charge in [-0.15, -0.1) is 0 Å². The highest BCUT2D eigenvalue weighted by Gasteiger charge is 2.12. The summed E-state index contributed by atoms with van der Waals surface area (Å²) >= 11 is 0. The predicted molar refractivity (Wildman–Crippen MR) is 135 cm³/mol. The van der Waals surface area contributed by atoms with Gasteiger partial charge in [-0.2, -0.15) is 0 Å². The summed E-state index contributed by atoms with van der Waals surface area (Å²) in [5.41, 5.74) is 5.38. The molecule has 0 atom stereocenters.